The molecule has 0 heterocycles. The molecule has 242 valence electrons. The SMILES string of the molecule is Cc1ccc(N(c2ccc(/C=C/c3ccccc3)cc2)c2ccc3c4ccc5c6cccc7cccc(c8ccc(c9cccc2c93)c4c85)c76)cc1. The Labute approximate surface area is 301 Å². The number of benzene rings is 11. The van der Waals surface area contributed by atoms with Crippen LogP contribution in [0.4, 0.5) is 17.1 Å². The molecule has 52 heavy (non-hydrogen) atoms. The summed E-state index contributed by atoms with van der Waals surface area (Å²) in [6, 6.07) is 62.8. The molecule has 0 unspecified atom stereocenters. The zero-order chi connectivity index (χ0) is 34.3. The van der Waals surface area contributed by atoms with E-state index >= 15 is 0 Å². The van der Waals surface area contributed by atoms with Gasteiger partial charge in [0, 0.05) is 16.8 Å². The third kappa shape index (κ3) is 4.23. The summed E-state index contributed by atoms with van der Waals surface area (Å²) in [7, 11) is 0. The van der Waals surface area contributed by atoms with E-state index in [1.807, 2.05) is 0 Å². The Morgan fingerprint density at radius 2 is 0.769 bits per heavy atom. The predicted molar refractivity (Wildman–Crippen MR) is 226 cm³/mol. The van der Waals surface area contributed by atoms with E-state index < -0.39 is 0 Å². The zero-order valence-corrected chi connectivity index (χ0v) is 28.8. The minimum Gasteiger partial charge on any atom is -0.310 e. The van der Waals surface area contributed by atoms with Crippen LogP contribution in [0.5, 0.6) is 0 Å². The molecule has 0 aliphatic heterocycles. The lowest BCUT2D eigenvalue weighted by Gasteiger charge is -2.28. The van der Waals surface area contributed by atoms with Gasteiger partial charge in [-0.25, -0.2) is 0 Å². The summed E-state index contributed by atoms with van der Waals surface area (Å²) in [5.41, 5.74) is 7.05. The Morgan fingerprint density at radius 1 is 0.327 bits per heavy atom. The van der Waals surface area contributed by atoms with Crippen molar-refractivity contribution in [2.45, 2.75) is 6.92 Å². The van der Waals surface area contributed by atoms with Gasteiger partial charge in [-0.05, 0) is 118 Å². The van der Waals surface area contributed by atoms with Crippen LogP contribution in [-0.2, 0) is 0 Å². The minimum absolute atomic E-state index is 1.13. The molecule has 0 atom stereocenters. The third-order valence-electron chi connectivity index (χ3n) is 11.2. The number of aryl methyl sites for hydroxylation is 1. The Bertz CT molecular complexity index is 3050. The number of rotatable bonds is 5. The normalized spacial score (nSPS) is 12.2. The number of anilines is 3. The lowest BCUT2D eigenvalue weighted by Crippen LogP contribution is -2.10. The van der Waals surface area contributed by atoms with Crippen LogP contribution in [0.15, 0.2) is 170 Å². The predicted octanol–water partition coefficient (Wildman–Crippen LogP) is 14.6. The molecule has 0 aliphatic rings. The van der Waals surface area contributed by atoms with Crippen LogP contribution in [0, 0.1) is 6.92 Å². The van der Waals surface area contributed by atoms with Crippen molar-refractivity contribution < 1.29 is 0 Å². The monoisotopic (exact) mass is 659 g/mol. The van der Waals surface area contributed by atoms with Gasteiger partial charge in [0.05, 0.1) is 5.69 Å². The van der Waals surface area contributed by atoms with E-state index in [2.05, 4.69) is 194 Å². The molecule has 0 saturated carbocycles. The maximum Gasteiger partial charge on any atom is 0.0540 e. The van der Waals surface area contributed by atoms with Gasteiger partial charge in [0.25, 0.3) is 0 Å². The van der Waals surface area contributed by atoms with E-state index in [1.165, 1.54) is 97.8 Å². The number of nitrogens with zero attached hydrogens (tertiary/aromatic N) is 1. The summed E-state index contributed by atoms with van der Waals surface area (Å²) >= 11 is 0. The Hall–Kier alpha value is -6.70. The molecule has 11 aromatic carbocycles. The first-order valence-electron chi connectivity index (χ1n) is 18.1. The van der Waals surface area contributed by atoms with Crippen LogP contribution < -0.4 is 4.90 Å². The standard InChI is InChI=1S/C51H33N/c1-32-16-22-36(23-17-32)52(37-24-20-34(21-25-37)19-18-33-8-3-2-4-9-33)47-31-30-41-45-29-27-43-39-13-6-11-35-10-5-12-38(48(35)39)42-26-28-44(51(45)50(42)43)40-14-7-15-46(47)49(40)41/h2-31H,1H3/b19-18+. The highest BCUT2D eigenvalue weighted by Gasteiger charge is 2.22. The average Bonchev–Trinajstić information content (AvgIpc) is 3.20. The molecule has 1 nitrogen and oxygen atoms in total. The van der Waals surface area contributed by atoms with Gasteiger partial charge < -0.3 is 4.90 Å². The van der Waals surface area contributed by atoms with E-state index in [9.17, 15) is 0 Å². The fraction of sp³-hybridized carbons (Fsp3) is 0.0196. The van der Waals surface area contributed by atoms with Gasteiger partial charge in [0.2, 0.25) is 0 Å². The van der Waals surface area contributed by atoms with E-state index in [-0.39, 0.29) is 0 Å². The molecule has 0 aromatic heterocycles. The minimum atomic E-state index is 1.13. The Balaban J connectivity index is 1.15. The summed E-state index contributed by atoms with van der Waals surface area (Å²) in [6.07, 6.45) is 4.36. The van der Waals surface area contributed by atoms with Crippen molar-refractivity contribution in [3.63, 3.8) is 0 Å². The molecule has 1 heteroatoms. The Kier molecular flexibility index (Phi) is 6.23. The first kappa shape index (κ1) is 29.1. The van der Waals surface area contributed by atoms with Gasteiger partial charge in [0.1, 0.15) is 0 Å². The smallest absolute Gasteiger partial charge is 0.0540 e. The Morgan fingerprint density at radius 3 is 1.37 bits per heavy atom. The largest absolute Gasteiger partial charge is 0.310 e. The highest BCUT2D eigenvalue weighted by Crippen LogP contribution is 2.49. The van der Waals surface area contributed by atoms with Crippen molar-refractivity contribution in [3.8, 4) is 0 Å². The van der Waals surface area contributed by atoms with Gasteiger partial charge >= 0.3 is 0 Å². The summed E-state index contributed by atoms with van der Waals surface area (Å²) in [4.78, 5) is 2.42. The van der Waals surface area contributed by atoms with Gasteiger partial charge in [0.15, 0.2) is 0 Å². The number of hydrogen-bond acceptors (Lipinski definition) is 1. The summed E-state index contributed by atoms with van der Waals surface area (Å²) in [5.74, 6) is 0. The third-order valence-corrected chi connectivity index (χ3v) is 11.2. The molecule has 0 radical (unpaired) electrons. The highest BCUT2D eigenvalue weighted by atomic mass is 15.1. The topological polar surface area (TPSA) is 3.24 Å². The van der Waals surface area contributed by atoms with Crippen molar-refractivity contribution in [1.29, 1.82) is 0 Å². The molecule has 0 aliphatic carbocycles. The van der Waals surface area contributed by atoms with Crippen molar-refractivity contribution in [3.05, 3.63) is 187 Å². The van der Waals surface area contributed by atoms with Gasteiger partial charge in [-0.15, -0.1) is 0 Å². The molecular weight excluding hydrogens is 627 g/mol. The van der Waals surface area contributed by atoms with E-state index in [4.69, 9.17) is 0 Å². The second kappa shape index (κ2) is 11.2. The van der Waals surface area contributed by atoms with Crippen LogP contribution >= 0.6 is 0 Å². The van der Waals surface area contributed by atoms with Gasteiger partial charge in [-0.2, -0.15) is 0 Å². The quantitative estimate of drug-likeness (QED) is 0.101. The molecule has 0 spiro atoms. The molecule has 11 rings (SSSR count). The summed E-state index contributed by atoms with van der Waals surface area (Å²) in [5, 5.41) is 18.5. The molecule has 0 fully saturated rings. The fourth-order valence-electron chi connectivity index (χ4n) is 8.83. The van der Waals surface area contributed by atoms with Crippen molar-refractivity contribution in [2.75, 3.05) is 4.90 Å². The second-order valence-corrected chi connectivity index (χ2v) is 14.1. The van der Waals surface area contributed by atoms with E-state index in [0.717, 1.165) is 11.4 Å². The molecule has 0 amide bonds. The molecule has 0 saturated heterocycles. The second-order valence-electron chi connectivity index (χ2n) is 14.1. The fourth-order valence-corrected chi connectivity index (χ4v) is 8.83. The highest BCUT2D eigenvalue weighted by molar-refractivity contribution is 6.42. The molecular formula is C51H33N. The summed E-state index contributed by atoms with van der Waals surface area (Å²) in [6.45, 7) is 2.15. The lowest BCUT2D eigenvalue weighted by molar-refractivity contribution is 1.29. The zero-order valence-electron chi connectivity index (χ0n) is 28.8. The van der Waals surface area contributed by atoms with Gasteiger partial charge in [-0.1, -0.05) is 157 Å². The maximum atomic E-state index is 2.42. The first-order valence-corrected chi connectivity index (χ1v) is 18.1. The van der Waals surface area contributed by atoms with Crippen LogP contribution in [0.25, 0.3) is 87.6 Å². The summed E-state index contributed by atoms with van der Waals surface area (Å²) < 4.78 is 0. The number of fused-ring (bicyclic) bond motifs is 4. The van der Waals surface area contributed by atoms with Crippen LogP contribution in [0.1, 0.15) is 16.7 Å². The van der Waals surface area contributed by atoms with Crippen LogP contribution in [-0.4, -0.2) is 0 Å². The molecule has 0 bridgehead atoms. The lowest BCUT2D eigenvalue weighted by atomic mass is 9.84. The van der Waals surface area contributed by atoms with E-state index in [1.54, 1.807) is 0 Å². The van der Waals surface area contributed by atoms with Crippen molar-refractivity contribution in [2.24, 2.45) is 0 Å². The average molecular weight is 660 g/mol. The number of hydrogen-bond donors (Lipinski definition) is 0. The van der Waals surface area contributed by atoms with Crippen LogP contribution in [0.3, 0.4) is 0 Å². The van der Waals surface area contributed by atoms with Gasteiger partial charge in [-0.3, -0.25) is 0 Å². The first-order chi connectivity index (χ1) is 25.7. The van der Waals surface area contributed by atoms with Crippen molar-refractivity contribution >= 4 is 105 Å². The molecule has 0 N–H and O–H groups in total. The van der Waals surface area contributed by atoms with Crippen LogP contribution in [0.2, 0.25) is 0 Å². The van der Waals surface area contributed by atoms with Crippen molar-refractivity contribution in [1.82, 2.24) is 0 Å². The molecule has 11 aromatic rings. The maximum absolute atomic E-state index is 2.42. The van der Waals surface area contributed by atoms with E-state index in [0.29, 0.717) is 0 Å².